The van der Waals surface area contributed by atoms with Crippen molar-refractivity contribution in [3.05, 3.63) is 12.3 Å². The molecule has 4 fully saturated rings. The van der Waals surface area contributed by atoms with Gasteiger partial charge in [-0.3, -0.25) is 0 Å². The average Bonchev–Trinajstić information content (AvgIpc) is 2.79. The molecule has 0 radical (unpaired) electrons. The number of nitrogens with zero attached hydrogens (tertiary/aromatic N) is 2. The molecule has 4 aliphatic carbocycles. The van der Waals surface area contributed by atoms with Crippen molar-refractivity contribution in [1.29, 1.82) is 0 Å². The van der Waals surface area contributed by atoms with Crippen molar-refractivity contribution in [2.75, 3.05) is 5.73 Å². The van der Waals surface area contributed by atoms with Gasteiger partial charge < -0.3 is 5.73 Å². The van der Waals surface area contributed by atoms with Gasteiger partial charge in [-0.2, -0.15) is 5.10 Å². The Kier molecular flexibility index (Phi) is 2.64. The normalized spacial score (nSPS) is 41.6. The van der Waals surface area contributed by atoms with Gasteiger partial charge in [0.25, 0.3) is 0 Å². The Balaban J connectivity index is 1.50. The number of aromatic nitrogens is 2. The Hall–Kier alpha value is -0.990. The van der Waals surface area contributed by atoms with Gasteiger partial charge in [0, 0.05) is 0 Å². The van der Waals surface area contributed by atoms with Crippen LogP contribution in [-0.4, -0.2) is 9.78 Å². The van der Waals surface area contributed by atoms with E-state index in [-0.39, 0.29) is 0 Å². The summed E-state index contributed by atoms with van der Waals surface area (Å²) in [5.41, 5.74) is 5.99. The molecule has 4 bridgehead atoms. The van der Waals surface area contributed by atoms with Crippen LogP contribution in [0.25, 0.3) is 0 Å². The second kappa shape index (κ2) is 4.26. The molecule has 0 aromatic carbocycles. The van der Waals surface area contributed by atoms with Crippen LogP contribution >= 0.6 is 0 Å². The number of hydrogen-bond donors (Lipinski definition) is 1. The fourth-order valence-corrected chi connectivity index (χ4v) is 5.61. The standard InChI is InChI=1S/C16H25N3/c1-10(19-16(17)2-3-18-19)4-15-13-6-11-5-12(8-13)9-14(15)7-11/h2-3,10-15H,4-9,17H2,1H3. The molecule has 1 atom stereocenters. The minimum atomic E-state index is 0.456. The number of rotatable bonds is 3. The predicted molar refractivity (Wildman–Crippen MR) is 76.5 cm³/mol. The lowest BCUT2D eigenvalue weighted by Crippen LogP contribution is -2.45. The zero-order valence-corrected chi connectivity index (χ0v) is 11.8. The van der Waals surface area contributed by atoms with Crippen LogP contribution in [-0.2, 0) is 0 Å². The summed E-state index contributed by atoms with van der Waals surface area (Å²) in [5, 5.41) is 4.39. The van der Waals surface area contributed by atoms with E-state index in [1.54, 1.807) is 6.42 Å². The van der Waals surface area contributed by atoms with E-state index >= 15 is 0 Å². The fourth-order valence-electron chi connectivity index (χ4n) is 5.61. The van der Waals surface area contributed by atoms with Gasteiger partial charge in [0.05, 0.1) is 12.2 Å². The monoisotopic (exact) mass is 259 g/mol. The summed E-state index contributed by atoms with van der Waals surface area (Å²) >= 11 is 0. The Morgan fingerprint density at radius 1 is 1.21 bits per heavy atom. The molecule has 1 aromatic rings. The molecule has 0 amide bonds. The highest BCUT2D eigenvalue weighted by molar-refractivity contribution is 5.26. The minimum Gasteiger partial charge on any atom is -0.384 e. The van der Waals surface area contributed by atoms with Crippen LogP contribution in [0.4, 0.5) is 5.82 Å². The lowest BCUT2D eigenvalue weighted by Gasteiger charge is -2.55. The van der Waals surface area contributed by atoms with Gasteiger partial charge in [-0.1, -0.05) is 0 Å². The summed E-state index contributed by atoms with van der Waals surface area (Å²) in [6, 6.07) is 2.37. The topological polar surface area (TPSA) is 43.8 Å². The van der Waals surface area contributed by atoms with Gasteiger partial charge in [0.15, 0.2) is 0 Å². The van der Waals surface area contributed by atoms with Crippen LogP contribution in [0.15, 0.2) is 12.3 Å². The number of nitrogen functional groups attached to an aromatic ring is 1. The maximum Gasteiger partial charge on any atom is 0.121 e. The minimum absolute atomic E-state index is 0.456. The highest BCUT2D eigenvalue weighted by atomic mass is 15.3. The summed E-state index contributed by atoms with van der Waals surface area (Å²) in [6.07, 6.45) is 10.7. The van der Waals surface area contributed by atoms with Crippen LogP contribution in [0, 0.1) is 29.6 Å². The lowest BCUT2D eigenvalue weighted by atomic mass is 9.51. The first-order valence-electron chi connectivity index (χ1n) is 7.99. The highest BCUT2D eigenvalue weighted by Crippen LogP contribution is 2.58. The molecular formula is C16H25N3. The summed E-state index contributed by atoms with van der Waals surface area (Å²) in [6.45, 7) is 2.29. The largest absolute Gasteiger partial charge is 0.384 e. The highest BCUT2D eigenvalue weighted by Gasteiger charge is 2.48. The van der Waals surface area contributed by atoms with Gasteiger partial charge in [0.2, 0.25) is 0 Å². The molecule has 0 saturated heterocycles. The van der Waals surface area contributed by atoms with E-state index in [4.69, 9.17) is 5.73 Å². The summed E-state index contributed by atoms with van der Waals surface area (Å²) in [4.78, 5) is 0. The molecule has 5 rings (SSSR count). The van der Waals surface area contributed by atoms with Crippen molar-refractivity contribution in [1.82, 2.24) is 9.78 Å². The maximum absolute atomic E-state index is 5.99. The molecule has 4 saturated carbocycles. The summed E-state index contributed by atoms with van der Waals surface area (Å²) in [5.74, 6) is 5.92. The van der Waals surface area contributed by atoms with E-state index in [1.165, 1.54) is 32.1 Å². The molecule has 3 nitrogen and oxygen atoms in total. The smallest absolute Gasteiger partial charge is 0.121 e. The van der Waals surface area contributed by atoms with Crippen molar-refractivity contribution in [3.8, 4) is 0 Å². The fraction of sp³-hybridized carbons (Fsp3) is 0.812. The Morgan fingerprint density at radius 2 is 1.84 bits per heavy atom. The zero-order chi connectivity index (χ0) is 13.0. The van der Waals surface area contributed by atoms with Crippen molar-refractivity contribution in [3.63, 3.8) is 0 Å². The number of anilines is 1. The number of nitrogens with two attached hydrogens (primary N) is 1. The van der Waals surface area contributed by atoms with E-state index in [1.807, 2.05) is 16.9 Å². The van der Waals surface area contributed by atoms with Crippen molar-refractivity contribution < 1.29 is 0 Å². The predicted octanol–water partition coefficient (Wildman–Crippen LogP) is 3.49. The Morgan fingerprint density at radius 3 is 2.37 bits per heavy atom. The third-order valence-electron chi connectivity index (χ3n) is 6.15. The van der Waals surface area contributed by atoms with Crippen LogP contribution < -0.4 is 5.73 Å². The van der Waals surface area contributed by atoms with Gasteiger partial charge in [0.1, 0.15) is 5.82 Å². The first-order chi connectivity index (χ1) is 9.20. The molecule has 104 valence electrons. The molecule has 1 aromatic heterocycles. The third kappa shape index (κ3) is 1.89. The van der Waals surface area contributed by atoms with Crippen molar-refractivity contribution in [2.45, 2.75) is 51.5 Å². The summed E-state index contributed by atoms with van der Waals surface area (Å²) < 4.78 is 2.02. The average molecular weight is 259 g/mol. The molecule has 3 heteroatoms. The van der Waals surface area contributed by atoms with Gasteiger partial charge >= 0.3 is 0 Å². The molecule has 2 N–H and O–H groups in total. The first-order valence-corrected chi connectivity index (χ1v) is 7.99. The number of hydrogen-bond acceptors (Lipinski definition) is 2. The first kappa shape index (κ1) is 11.8. The molecule has 19 heavy (non-hydrogen) atoms. The van der Waals surface area contributed by atoms with E-state index in [0.29, 0.717) is 6.04 Å². The molecular weight excluding hydrogens is 234 g/mol. The van der Waals surface area contributed by atoms with Crippen LogP contribution in [0.2, 0.25) is 0 Å². The van der Waals surface area contributed by atoms with Crippen molar-refractivity contribution in [2.24, 2.45) is 29.6 Å². The van der Waals surface area contributed by atoms with Crippen LogP contribution in [0.3, 0.4) is 0 Å². The quantitative estimate of drug-likeness (QED) is 0.903. The van der Waals surface area contributed by atoms with E-state index in [9.17, 15) is 0 Å². The second-order valence-electron chi connectivity index (χ2n) is 7.38. The Labute approximate surface area is 115 Å². The van der Waals surface area contributed by atoms with Gasteiger partial charge in [-0.15, -0.1) is 0 Å². The lowest BCUT2D eigenvalue weighted by molar-refractivity contribution is -0.0444. The van der Waals surface area contributed by atoms with Gasteiger partial charge in [-0.05, 0) is 81.1 Å². The van der Waals surface area contributed by atoms with E-state index in [0.717, 1.165) is 35.4 Å². The van der Waals surface area contributed by atoms with Gasteiger partial charge in [-0.25, -0.2) is 4.68 Å². The Bertz CT molecular complexity index is 436. The van der Waals surface area contributed by atoms with Crippen molar-refractivity contribution >= 4 is 5.82 Å². The zero-order valence-electron chi connectivity index (χ0n) is 11.8. The second-order valence-corrected chi connectivity index (χ2v) is 7.38. The molecule has 0 aliphatic heterocycles. The van der Waals surface area contributed by atoms with E-state index < -0.39 is 0 Å². The van der Waals surface area contributed by atoms with Crippen LogP contribution in [0.1, 0.15) is 51.5 Å². The molecule has 1 heterocycles. The molecule has 1 unspecified atom stereocenters. The SMILES string of the molecule is CC(CC1C2CC3CC(C2)CC1C3)n1nccc1N. The molecule has 4 aliphatic rings. The summed E-state index contributed by atoms with van der Waals surface area (Å²) in [7, 11) is 0. The van der Waals surface area contributed by atoms with E-state index in [2.05, 4.69) is 12.0 Å². The third-order valence-corrected chi connectivity index (χ3v) is 6.15. The maximum atomic E-state index is 5.99. The van der Waals surface area contributed by atoms with Crippen LogP contribution in [0.5, 0.6) is 0 Å². The molecule has 0 spiro atoms.